The molecule has 0 aromatic heterocycles. The standard InChI is InChI=1S/C31H24BrClO2/c1-30(2)34-28-25-22(32)17-31(33,29(28)35-30)27-24(19-13-7-4-8-14-19)21-16-10-9-15-20(21)23(26(25)27)18-11-5-3-6-12-18/h3-17,25,28-29H,1-2H3. The molecule has 3 aliphatic carbocycles. The van der Waals surface area contributed by atoms with Crippen LogP contribution in [0, 0.1) is 0 Å². The predicted molar refractivity (Wildman–Crippen MR) is 146 cm³/mol. The van der Waals surface area contributed by atoms with Gasteiger partial charge in [-0.15, -0.1) is 11.6 Å². The third-order valence-electron chi connectivity index (χ3n) is 7.59. The van der Waals surface area contributed by atoms with E-state index in [2.05, 4.69) is 107 Å². The van der Waals surface area contributed by atoms with Crippen LogP contribution in [0.1, 0.15) is 30.9 Å². The maximum atomic E-state index is 7.75. The largest absolute Gasteiger partial charge is 0.343 e. The molecule has 1 heterocycles. The minimum atomic E-state index is -0.875. The molecule has 0 saturated carbocycles. The second-order valence-corrected chi connectivity index (χ2v) is 11.7. The molecule has 174 valence electrons. The number of benzene rings is 4. The topological polar surface area (TPSA) is 18.5 Å². The van der Waals surface area contributed by atoms with Crippen molar-refractivity contribution >= 4 is 38.3 Å². The molecule has 2 bridgehead atoms. The summed E-state index contributed by atoms with van der Waals surface area (Å²) >= 11 is 11.7. The Morgan fingerprint density at radius 2 is 1.29 bits per heavy atom. The third-order valence-corrected chi connectivity index (χ3v) is 8.83. The Balaban J connectivity index is 1.69. The van der Waals surface area contributed by atoms with Gasteiger partial charge in [-0.1, -0.05) is 101 Å². The third kappa shape index (κ3) is 3.02. The molecule has 4 aliphatic rings. The van der Waals surface area contributed by atoms with Crippen molar-refractivity contribution in [3.8, 4) is 22.3 Å². The van der Waals surface area contributed by atoms with E-state index in [9.17, 15) is 0 Å². The minimum Gasteiger partial charge on any atom is -0.343 e. The minimum absolute atomic E-state index is 0.0142. The van der Waals surface area contributed by atoms with Crippen molar-refractivity contribution in [1.82, 2.24) is 0 Å². The number of rotatable bonds is 2. The van der Waals surface area contributed by atoms with Gasteiger partial charge in [0.25, 0.3) is 0 Å². The van der Waals surface area contributed by atoms with Gasteiger partial charge in [-0.3, -0.25) is 0 Å². The van der Waals surface area contributed by atoms with Crippen molar-refractivity contribution < 1.29 is 9.47 Å². The Bertz CT molecular complexity index is 1510. The first-order valence-corrected chi connectivity index (χ1v) is 13.2. The van der Waals surface area contributed by atoms with Crippen LogP contribution in [0.2, 0.25) is 0 Å². The molecule has 0 amide bonds. The molecule has 0 spiro atoms. The van der Waals surface area contributed by atoms with Crippen molar-refractivity contribution in [1.29, 1.82) is 0 Å². The van der Waals surface area contributed by atoms with Gasteiger partial charge in [0.05, 0.1) is 0 Å². The van der Waals surface area contributed by atoms with Crippen LogP contribution in [0.4, 0.5) is 0 Å². The van der Waals surface area contributed by atoms with Gasteiger partial charge in [0.1, 0.15) is 17.1 Å². The summed E-state index contributed by atoms with van der Waals surface area (Å²) < 4.78 is 14.1. The van der Waals surface area contributed by atoms with E-state index in [1.54, 1.807) is 0 Å². The van der Waals surface area contributed by atoms with Crippen LogP contribution in [-0.4, -0.2) is 18.0 Å². The SMILES string of the molecule is CC1(C)OC2C3C(Br)=CC(Cl)(c4c3c(-c3ccccc3)c3ccccc3c4-c3ccccc3)C2O1. The molecular formula is C31H24BrClO2. The normalized spacial score (nSPS) is 28.0. The lowest BCUT2D eigenvalue weighted by Gasteiger charge is -2.49. The Morgan fingerprint density at radius 1 is 0.743 bits per heavy atom. The molecule has 0 radical (unpaired) electrons. The van der Waals surface area contributed by atoms with Gasteiger partial charge in [-0.2, -0.15) is 0 Å². The molecule has 1 aliphatic heterocycles. The van der Waals surface area contributed by atoms with Gasteiger partial charge in [-0.05, 0) is 64.1 Å². The Morgan fingerprint density at radius 3 is 1.91 bits per heavy atom. The van der Waals surface area contributed by atoms with Crippen molar-refractivity contribution in [2.45, 2.75) is 42.6 Å². The van der Waals surface area contributed by atoms with Gasteiger partial charge in [0, 0.05) is 10.4 Å². The summed E-state index contributed by atoms with van der Waals surface area (Å²) in [6.07, 6.45) is 1.69. The van der Waals surface area contributed by atoms with Crippen LogP contribution in [0.25, 0.3) is 33.0 Å². The van der Waals surface area contributed by atoms with Crippen molar-refractivity contribution in [3.05, 3.63) is 107 Å². The van der Waals surface area contributed by atoms with Crippen molar-refractivity contribution in [2.24, 2.45) is 0 Å². The maximum Gasteiger partial charge on any atom is 0.163 e. The molecule has 2 nitrogen and oxygen atoms in total. The first kappa shape index (κ1) is 21.8. The van der Waals surface area contributed by atoms with E-state index in [0.29, 0.717) is 0 Å². The van der Waals surface area contributed by atoms with E-state index in [1.807, 2.05) is 13.8 Å². The highest BCUT2D eigenvalue weighted by Gasteiger charge is 2.63. The average Bonchev–Trinajstić information content (AvgIpc) is 3.20. The van der Waals surface area contributed by atoms with Crippen LogP contribution in [0.15, 0.2) is 95.5 Å². The molecule has 4 aromatic rings. The number of halogens is 2. The van der Waals surface area contributed by atoms with E-state index in [-0.39, 0.29) is 18.1 Å². The first-order valence-electron chi connectivity index (χ1n) is 12.0. The summed E-state index contributed by atoms with van der Waals surface area (Å²) in [7, 11) is 0. The Labute approximate surface area is 218 Å². The van der Waals surface area contributed by atoms with Crippen molar-refractivity contribution in [2.75, 3.05) is 0 Å². The number of fused-ring (bicyclic) bond motifs is 1. The number of ether oxygens (including phenoxy) is 2. The van der Waals surface area contributed by atoms with Gasteiger partial charge < -0.3 is 9.47 Å². The lowest BCUT2D eigenvalue weighted by molar-refractivity contribution is -0.147. The van der Waals surface area contributed by atoms with E-state index in [4.69, 9.17) is 21.1 Å². The molecule has 4 aromatic carbocycles. The smallest absolute Gasteiger partial charge is 0.163 e. The van der Waals surface area contributed by atoms with Gasteiger partial charge >= 0.3 is 0 Å². The molecule has 1 saturated heterocycles. The van der Waals surface area contributed by atoms with Crippen LogP contribution in [-0.2, 0) is 14.3 Å². The highest BCUT2D eigenvalue weighted by atomic mass is 79.9. The van der Waals surface area contributed by atoms with E-state index in [0.717, 1.165) is 15.6 Å². The van der Waals surface area contributed by atoms with Crippen LogP contribution < -0.4 is 0 Å². The van der Waals surface area contributed by atoms with E-state index >= 15 is 0 Å². The van der Waals surface area contributed by atoms with Crippen LogP contribution >= 0.6 is 27.5 Å². The molecule has 1 fully saturated rings. The summed E-state index contributed by atoms with van der Waals surface area (Å²) in [5.41, 5.74) is 7.12. The molecule has 8 rings (SSSR count). The lowest BCUT2D eigenvalue weighted by atomic mass is 9.63. The number of hydrogen-bond acceptors (Lipinski definition) is 2. The molecule has 4 heteroatoms. The Kier molecular flexibility index (Phi) is 4.70. The second-order valence-electron chi connectivity index (χ2n) is 10.1. The summed E-state index contributed by atoms with van der Waals surface area (Å²) in [5, 5.41) is 2.42. The first-order chi connectivity index (χ1) is 16.9. The lowest BCUT2D eigenvalue weighted by Crippen LogP contribution is -2.52. The van der Waals surface area contributed by atoms with Gasteiger partial charge in [0.15, 0.2) is 5.79 Å². The van der Waals surface area contributed by atoms with E-state index in [1.165, 1.54) is 33.0 Å². The molecule has 0 N–H and O–H groups in total. The number of hydrogen-bond donors (Lipinski definition) is 0. The zero-order chi connectivity index (χ0) is 23.9. The number of alkyl halides is 1. The highest BCUT2D eigenvalue weighted by molar-refractivity contribution is 9.11. The van der Waals surface area contributed by atoms with Crippen LogP contribution in [0.3, 0.4) is 0 Å². The quantitative estimate of drug-likeness (QED) is 0.236. The second kappa shape index (κ2) is 7.54. The fourth-order valence-electron chi connectivity index (χ4n) is 6.39. The molecular weight excluding hydrogens is 520 g/mol. The van der Waals surface area contributed by atoms with E-state index < -0.39 is 10.7 Å². The highest BCUT2D eigenvalue weighted by Crippen LogP contribution is 2.65. The average molecular weight is 544 g/mol. The van der Waals surface area contributed by atoms with Gasteiger partial charge in [0.2, 0.25) is 0 Å². The van der Waals surface area contributed by atoms with Crippen LogP contribution in [0.5, 0.6) is 0 Å². The summed E-state index contributed by atoms with van der Waals surface area (Å²) in [4.78, 5) is -0.875. The molecule has 4 atom stereocenters. The summed E-state index contributed by atoms with van der Waals surface area (Å²) in [6, 6.07) is 30.0. The zero-order valence-corrected chi connectivity index (χ0v) is 21.8. The summed E-state index contributed by atoms with van der Waals surface area (Å²) in [6.45, 7) is 3.96. The molecule has 35 heavy (non-hydrogen) atoms. The fraction of sp³-hybridized carbons (Fsp3) is 0.226. The summed E-state index contributed by atoms with van der Waals surface area (Å²) in [5.74, 6) is -0.722. The maximum absolute atomic E-state index is 7.75. The van der Waals surface area contributed by atoms with Crippen molar-refractivity contribution in [3.63, 3.8) is 0 Å². The van der Waals surface area contributed by atoms with Gasteiger partial charge in [-0.25, -0.2) is 0 Å². The predicted octanol–water partition coefficient (Wildman–Crippen LogP) is 8.52. The fourth-order valence-corrected chi connectivity index (χ4v) is 7.86. The molecule has 4 unspecified atom stereocenters. The monoisotopic (exact) mass is 542 g/mol. The zero-order valence-electron chi connectivity index (χ0n) is 19.5. The Hall–Kier alpha value is -2.43.